The molecule has 8 N–H and O–H groups in total. The van der Waals surface area contributed by atoms with E-state index in [4.69, 9.17) is 15.0 Å². The van der Waals surface area contributed by atoms with Gasteiger partial charge in [0, 0.05) is 24.1 Å². The van der Waals surface area contributed by atoms with E-state index in [-0.39, 0.29) is 18.2 Å². The summed E-state index contributed by atoms with van der Waals surface area (Å²) in [5.74, 6) is -0.981. The molecule has 0 saturated heterocycles. The molecule has 0 aliphatic carbocycles. The predicted molar refractivity (Wildman–Crippen MR) is 147 cm³/mol. The van der Waals surface area contributed by atoms with Crippen molar-refractivity contribution in [2.75, 3.05) is 19.8 Å². The Labute approximate surface area is 243 Å². The van der Waals surface area contributed by atoms with Crippen LogP contribution in [0.5, 0.6) is 5.88 Å². The number of nitrogens with zero attached hydrogens (tertiary/aromatic N) is 2. The van der Waals surface area contributed by atoms with Gasteiger partial charge in [0.25, 0.3) is 5.91 Å². The van der Waals surface area contributed by atoms with Crippen molar-refractivity contribution in [2.24, 2.45) is 5.22 Å². The number of aryl methyl sites for hydroxylation is 1. The molecule has 42 heavy (non-hydrogen) atoms. The number of carbonyl (C=O) groups excluding carboxylic acids is 2. The van der Waals surface area contributed by atoms with Crippen LogP contribution in [0.3, 0.4) is 0 Å². The Bertz CT molecular complexity index is 1130. The maximum absolute atomic E-state index is 14.2. The summed E-state index contributed by atoms with van der Waals surface area (Å²) in [7, 11) is 0. The first-order chi connectivity index (χ1) is 20.0. The summed E-state index contributed by atoms with van der Waals surface area (Å²) >= 11 is 0. The van der Waals surface area contributed by atoms with Crippen molar-refractivity contribution in [3.05, 3.63) is 46.6 Å². The summed E-state index contributed by atoms with van der Waals surface area (Å²) < 4.78 is 25.4. The number of alkyl halides is 1. The number of aliphatic hydroxyl groups excluding tert-OH is 4. The van der Waals surface area contributed by atoms with Gasteiger partial charge < -0.3 is 35.2 Å². The number of carbonyl (C=O) groups is 2. The summed E-state index contributed by atoms with van der Waals surface area (Å²) in [6.07, 6.45) is -4.40. The Hall–Kier alpha value is -3.50. The maximum atomic E-state index is 14.2. The minimum absolute atomic E-state index is 0.0530. The van der Waals surface area contributed by atoms with E-state index in [0.717, 1.165) is 16.8 Å². The van der Waals surface area contributed by atoms with E-state index >= 15 is 0 Å². The molecule has 0 saturated carbocycles. The number of aromatic amines is 1. The van der Waals surface area contributed by atoms with Crippen LogP contribution in [0.25, 0.3) is 0 Å². The Morgan fingerprint density at radius 3 is 2.31 bits per heavy atom. The van der Waals surface area contributed by atoms with Crippen molar-refractivity contribution < 1.29 is 43.9 Å². The monoisotopic (exact) mass is 596 g/mol. The molecule has 4 unspecified atom stereocenters. The minimum Gasteiger partial charge on any atom is -0.444 e. The fourth-order valence-corrected chi connectivity index (χ4v) is 4.14. The first kappa shape index (κ1) is 34.7. The second-order valence-electron chi connectivity index (χ2n) is 10.1. The van der Waals surface area contributed by atoms with Gasteiger partial charge >= 0.3 is 0 Å². The highest BCUT2D eigenvalue weighted by atomic mass is 19.1. The molecule has 1 heterocycles. The molecule has 0 bridgehead atoms. The molecule has 2 aromatic rings. The summed E-state index contributed by atoms with van der Waals surface area (Å²) in [5.41, 5.74) is 11.9. The van der Waals surface area contributed by atoms with Crippen LogP contribution in [0.1, 0.15) is 61.9 Å². The van der Waals surface area contributed by atoms with Gasteiger partial charge in [-0.1, -0.05) is 43.3 Å². The van der Waals surface area contributed by atoms with Crippen LogP contribution >= 0.6 is 0 Å². The largest absolute Gasteiger partial charge is 0.444 e. The lowest BCUT2D eigenvalue weighted by atomic mass is 9.98. The number of ether oxygens (including phenoxy) is 2. The minimum atomic E-state index is -1.89. The molecule has 14 nitrogen and oxygen atoms in total. The van der Waals surface area contributed by atoms with Crippen LogP contribution in [0.4, 0.5) is 4.39 Å². The molecule has 234 valence electrons. The Morgan fingerprint density at radius 2 is 1.76 bits per heavy atom. The van der Waals surface area contributed by atoms with Gasteiger partial charge in [-0.05, 0) is 36.8 Å². The van der Waals surface area contributed by atoms with Gasteiger partial charge in [0.2, 0.25) is 18.1 Å². The number of halogens is 1. The second kappa shape index (κ2) is 17.5. The number of H-pyrrole nitrogens is 1. The lowest BCUT2D eigenvalue weighted by Gasteiger charge is -2.26. The normalized spacial score (nSPS) is 15.0. The summed E-state index contributed by atoms with van der Waals surface area (Å²) in [6, 6.07) is 6.51. The molecule has 0 radical (unpaired) electrons. The van der Waals surface area contributed by atoms with E-state index in [2.05, 4.69) is 20.7 Å². The van der Waals surface area contributed by atoms with E-state index in [1.807, 2.05) is 43.5 Å². The van der Waals surface area contributed by atoms with E-state index in [9.17, 15) is 34.4 Å². The standard InChI is InChI=1S/C27H41FN6O8/c1-15(2)25-19(27(33-31-25)42-23(14-37)41-21(13-36)24(28)16(3)38)11-18-9-7-17(8-10-18)5-4-6-22(39)30-20(12-35)26(40)32-34-29/h7-10,15-16,20-21,23-24,35-38H,4-6,11-14H2,1-3H3,(H,30,39)(H,31,33)(H2,29,32,40)/t16?,20-,21?,23?,24?/m0/s1. The third-order valence-corrected chi connectivity index (χ3v) is 6.43. The van der Waals surface area contributed by atoms with E-state index in [1.54, 1.807) is 0 Å². The van der Waals surface area contributed by atoms with Crippen LogP contribution in [-0.2, 0) is 27.2 Å². The SMILES string of the molecule is CC(C)c1[nH]nc(OC(CO)OC(CO)C(F)C(C)O)c1Cc1ccc(CCCC(=O)N[C@@H](CO)C(=O)NN=N)cc1. The lowest BCUT2D eigenvalue weighted by Crippen LogP contribution is -2.47. The third kappa shape index (κ3) is 10.4. The molecule has 0 aliphatic rings. The molecule has 1 aromatic heterocycles. The number of hydrogen-bond donors (Lipinski definition) is 8. The van der Waals surface area contributed by atoms with Crippen molar-refractivity contribution in [1.82, 2.24) is 20.9 Å². The zero-order valence-electron chi connectivity index (χ0n) is 23.9. The van der Waals surface area contributed by atoms with Crippen LogP contribution in [0.2, 0.25) is 0 Å². The number of hydrogen-bond acceptors (Lipinski definition) is 11. The Morgan fingerprint density at radius 1 is 1.10 bits per heavy atom. The third-order valence-electron chi connectivity index (χ3n) is 6.43. The van der Waals surface area contributed by atoms with Gasteiger partial charge in [-0.25, -0.2) is 9.82 Å². The molecule has 2 amide bonds. The summed E-state index contributed by atoms with van der Waals surface area (Å²) in [4.78, 5) is 23.8. The van der Waals surface area contributed by atoms with E-state index in [1.165, 1.54) is 6.92 Å². The predicted octanol–water partition coefficient (Wildman–Crippen LogP) is 0.779. The van der Waals surface area contributed by atoms with Gasteiger partial charge in [0.15, 0.2) is 6.17 Å². The van der Waals surface area contributed by atoms with Crippen LogP contribution < -0.4 is 15.5 Å². The zero-order valence-corrected chi connectivity index (χ0v) is 23.9. The number of benzene rings is 1. The molecule has 1 aromatic carbocycles. The summed E-state index contributed by atoms with van der Waals surface area (Å²) in [6.45, 7) is 3.18. The van der Waals surface area contributed by atoms with Gasteiger partial charge in [0.1, 0.15) is 18.8 Å². The van der Waals surface area contributed by atoms with Crippen LogP contribution in [0.15, 0.2) is 29.5 Å². The quantitative estimate of drug-likeness (QED) is 0.0651. The number of aliphatic hydroxyl groups is 4. The average Bonchev–Trinajstić information content (AvgIpc) is 3.36. The summed E-state index contributed by atoms with van der Waals surface area (Å²) in [5, 5.41) is 50.3. The Kier molecular flexibility index (Phi) is 14.4. The van der Waals surface area contributed by atoms with Crippen molar-refractivity contribution in [1.29, 1.82) is 5.53 Å². The van der Waals surface area contributed by atoms with E-state index < -0.39 is 62.3 Å². The van der Waals surface area contributed by atoms with Crippen molar-refractivity contribution in [3.63, 3.8) is 0 Å². The fourth-order valence-electron chi connectivity index (χ4n) is 4.14. The fraction of sp³-hybridized carbons (Fsp3) is 0.593. The molecule has 0 spiro atoms. The van der Waals surface area contributed by atoms with Gasteiger partial charge in [-0.15, -0.1) is 5.10 Å². The highest BCUT2D eigenvalue weighted by molar-refractivity contribution is 5.87. The second-order valence-corrected chi connectivity index (χ2v) is 10.1. The number of rotatable bonds is 19. The van der Waals surface area contributed by atoms with Crippen molar-refractivity contribution in [2.45, 2.75) is 83.1 Å². The molecule has 15 heteroatoms. The van der Waals surface area contributed by atoms with Crippen molar-refractivity contribution in [3.8, 4) is 5.88 Å². The van der Waals surface area contributed by atoms with Crippen molar-refractivity contribution >= 4 is 11.8 Å². The highest BCUT2D eigenvalue weighted by Gasteiger charge is 2.30. The molecule has 5 atom stereocenters. The van der Waals surface area contributed by atoms with Gasteiger partial charge in [-0.2, -0.15) is 5.53 Å². The zero-order chi connectivity index (χ0) is 31.2. The number of nitrogens with one attached hydrogen (secondary N) is 4. The van der Waals surface area contributed by atoms with Crippen LogP contribution in [-0.4, -0.2) is 93.0 Å². The van der Waals surface area contributed by atoms with Gasteiger partial charge in [-0.3, -0.25) is 14.7 Å². The lowest BCUT2D eigenvalue weighted by molar-refractivity contribution is -0.178. The highest BCUT2D eigenvalue weighted by Crippen LogP contribution is 2.29. The molecular weight excluding hydrogens is 555 g/mol. The first-order valence-corrected chi connectivity index (χ1v) is 13.6. The smallest absolute Gasteiger partial charge is 0.266 e. The van der Waals surface area contributed by atoms with Crippen LogP contribution in [0, 0.1) is 5.53 Å². The van der Waals surface area contributed by atoms with Gasteiger partial charge in [0.05, 0.1) is 19.3 Å². The molecule has 2 rings (SSSR count). The number of amides is 2. The topological polar surface area (TPSA) is 222 Å². The number of aromatic nitrogens is 2. The Balaban J connectivity index is 2.03. The average molecular weight is 597 g/mol. The molecular formula is C27H41FN6O8. The first-order valence-electron chi connectivity index (χ1n) is 13.6. The van der Waals surface area contributed by atoms with E-state index in [0.29, 0.717) is 24.8 Å². The molecule has 0 aliphatic heterocycles. The maximum Gasteiger partial charge on any atom is 0.266 e. The molecule has 0 fully saturated rings.